The van der Waals surface area contributed by atoms with Gasteiger partial charge in [-0.2, -0.15) is 0 Å². The molecule has 3 heteroatoms. The van der Waals surface area contributed by atoms with E-state index in [1.54, 1.807) is 18.7 Å². The normalized spacial score (nSPS) is 14.4. The Morgan fingerprint density at radius 1 is 1.11 bits per heavy atom. The van der Waals surface area contributed by atoms with E-state index in [2.05, 4.69) is 11.9 Å². The van der Waals surface area contributed by atoms with Gasteiger partial charge in [0.05, 0.1) is 6.26 Å². The SMILES string of the molecule is CC(c1ccncc1)C(N)c1coc2ccccc12. The molecule has 0 amide bonds. The number of nitrogens with zero attached hydrogens (tertiary/aromatic N) is 1. The van der Waals surface area contributed by atoms with E-state index in [0.717, 1.165) is 16.5 Å². The molecule has 2 unspecified atom stereocenters. The average molecular weight is 252 g/mol. The average Bonchev–Trinajstić information content (AvgIpc) is 2.90. The van der Waals surface area contributed by atoms with Crippen LogP contribution >= 0.6 is 0 Å². The third kappa shape index (κ3) is 2.13. The third-order valence-corrected chi connectivity index (χ3v) is 3.64. The molecule has 96 valence electrons. The number of fused-ring (bicyclic) bond motifs is 1. The lowest BCUT2D eigenvalue weighted by Gasteiger charge is -2.19. The van der Waals surface area contributed by atoms with Gasteiger partial charge >= 0.3 is 0 Å². The van der Waals surface area contributed by atoms with E-state index in [1.165, 1.54) is 5.56 Å². The first-order chi connectivity index (χ1) is 9.27. The largest absolute Gasteiger partial charge is 0.464 e. The van der Waals surface area contributed by atoms with Crippen molar-refractivity contribution in [1.82, 2.24) is 4.98 Å². The van der Waals surface area contributed by atoms with Crippen LogP contribution in [0, 0.1) is 0 Å². The van der Waals surface area contributed by atoms with Crippen LogP contribution in [-0.2, 0) is 0 Å². The zero-order chi connectivity index (χ0) is 13.2. The number of hydrogen-bond donors (Lipinski definition) is 1. The zero-order valence-electron chi connectivity index (χ0n) is 10.8. The fraction of sp³-hybridized carbons (Fsp3) is 0.188. The molecule has 2 N–H and O–H groups in total. The number of para-hydroxylation sites is 1. The first-order valence-corrected chi connectivity index (χ1v) is 6.39. The molecule has 1 aromatic carbocycles. The predicted molar refractivity (Wildman–Crippen MR) is 75.8 cm³/mol. The minimum absolute atomic E-state index is 0.0916. The summed E-state index contributed by atoms with van der Waals surface area (Å²) in [7, 11) is 0. The monoisotopic (exact) mass is 252 g/mol. The predicted octanol–water partition coefficient (Wildman–Crippen LogP) is 3.63. The molecule has 3 nitrogen and oxygen atoms in total. The van der Waals surface area contributed by atoms with Gasteiger partial charge in [-0.05, 0) is 23.8 Å². The molecule has 0 aliphatic heterocycles. The topological polar surface area (TPSA) is 52.0 Å². The summed E-state index contributed by atoms with van der Waals surface area (Å²) in [6.45, 7) is 2.13. The lowest BCUT2D eigenvalue weighted by molar-refractivity contribution is 0.568. The summed E-state index contributed by atoms with van der Waals surface area (Å²) in [4.78, 5) is 4.04. The molecule has 0 aliphatic rings. The van der Waals surface area contributed by atoms with Crippen LogP contribution in [0.25, 0.3) is 11.0 Å². The van der Waals surface area contributed by atoms with Crippen LogP contribution in [-0.4, -0.2) is 4.98 Å². The Morgan fingerprint density at radius 3 is 2.63 bits per heavy atom. The Kier molecular flexibility index (Phi) is 3.05. The van der Waals surface area contributed by atoms with Crippen molar-refractivity contribution in [3.05, 3.63) is 66.2 Å². The van der Waals surface area contributed by atoms with Gasteiger partial charge in [0.25, 0.3) is 0 Å². The molecule has 2 heterocycles. The number of nitrogens with two attached hydrogens (primary N) is 1. The molecule has 3 aromatic rings. The van der Waals surface area contributed by atoms with Gasteiger partial charge in [-0.25, -0.2) is 0 Å². The zero-order valence-corrected chi connectivity index (χ0v) is 10.8. The lowest BCUT2D eigenvalue weighted by atomic mass is 9.89. The van der Waals surface area contributed by atoms with Gasteiger partial charge in [-0.1, -0.05) is 25.1 Å². The molecule has 3 rings (SSSR count). The molecule has 0 saturated carbocycles. The first-order valence-electron chi connectivity index (χ1n) is 6.39. The Morgan fingerprint density at radius 2 is 1.84 bits per heavy atom. The van der Waals surface area contributed by atoms with Gasteiger partial charge in [-0.3, -0.25) is 4.98 Å². The van der Waals surface area contributed by atoms with Gasteiger partial charge in [-0.15, -0.1) is 0 Å². The van der Waals surface area contributed by atoms with Crippen molar-refractivity contribution >= 4 is 11.0 Å². The molecule has 0 aliphatic carbocycles. The molecule has 19 heavy (non-hydrogen) atoms. The second-order valence-corrected chi connectivity index (χ2v) is 4.78. The lowest BCUT2D eigenvalue weighted by Crippen LogP contribution is -2.17. The minimum Gasteiger partial charge on any atom is -0.464 e. The van der Waals surface area contributed by atoms with Crippen LogP contribution in [0.3, 0.4) is 0 Å². The van der Waals surface area contributed by atoms with Gasteiger partial charge < -0.3 is 10.2 Å². The highest BCUT2D eigenvalue weighted by molar-refractivity contribution is 5.81. The highest BCUT2D eigenvalue weighted by Gasteiger charge is 2.20. The summed E-state index contributed by atoms with van der Waals surface area (Å²) in [5, 5.41) is 1.09. The number of furan rings is 1. The van der Waals surface area contributed by atoms with Crippen LogP contribution in [0.2, 0.25) is 0 Å². The summed E-state index contributed by atoms with van der Waals surface area (Å²) in [6, 6.07) is 11.9. The molecule has 0 bridgehead atoms. The van der Waals surface area contributed by atoms with E-state index in [9.17, 15) is 0 Å². The van der Waals surface area contributed by atoms with Gasteiger partial charge in [0.2, 0.25) is 0 Å². The van der Waals surface area contributed by atoms with Gasteiger partial charge in [0.1, 0.15) is 5.58 Å². The van der Waals surface area contributed by atoms with Crippen molar-refractivity contribution in [2.24, 2.45) is 5.73 Å². The molecule has 2 atom stereocenters. The summed E-state index contributed by atoms with van der Waals surface area (Å²) in [5.74, 6) is 0.212. The number of benzene rings is 1. The molecule has 0 radical (unpaired) electrons. The number of aromatic nitrogens is 1. The Bertz CT molecular complexity index is 675. The van der Waals surface area contributed by atoms with Gasteiger partial charge in [0, 0.05) is 35.3 Å². The Balaban J connectivity index is 1.98. The van der Waals surface area contributed by atoms with E-state index in [0.29, 0.717) is 0 Å². The maximum absolute atomic E-state index is 6.40. The van der Waals surface area contributed by atoms with Crippen molar-refractivity contribution in [1.29, 1.82) is 0 Å². The van der Waals surface area contributed by atoms with E-state index in [4.69, 9.17) is 10.2 Å². The molecular formula is C16H16N2O. The maximum atomic E-state index is 6.40. The first kappa shape index (κ1) is 11.9. The molecule has 0 saturated heterocycles. The fourth-order valence-electron chi connectivity index (χ4n) is 2.40. The van der Waals surface area contributed by atoms with E-state index in [-0.39, 0.29) is 12.0 Å². The standard InChI is InChI=1S/C16H16N2O/c1-11(12-6-8-18-9-7-12)16(17)14-10-19-15-5-3-2-4-13(14)15/h2-11,16H,17H2,1H3. The molecule has 2 aromatic heterocycles. The van der Waals surface area contributed by atoms with Gasteiger partial charge in [0.15, 0.2) is 0 Å². The van der Waals surface area contributed by atoms with Crippen LogP contribution in [0.5, 0.6) is 0 Å². The second-order valence-electron chi connectivity index (χ2n) is 4.78. The van der Waals surface area contributed by atoms with Crippen LogP contribution in [0.4, 0.5) is 0 Å². The number of pyridine rings is 1. The molecular weight excluding hydrogens is 236 g/mol. The Labute approximate surface area is 112 Å². The van der Waals surface area contributed by atoms with Crippen molar-refractivity contribution in [3.8, 4) is 0 Å². The summed E-state index contributed by atoms with van der Waals surface area (Å²) < 4.78 is 5.56. The summed E-state index contributed by atoms with van der Waals surface area (Å²) in [6.07, 6.45) is 5.37. The quantitative estimate of drug-likeness (QED) is 0.774. The highest BCUT2D eigenvalue weighted by atomic mass is 16.3. The van der Waals surface area contributed by atoms with Crippen LogP contribution in [0.1, 0.15) is 30.0 Å². The number of hydrogen-bond acceptors (Lipinski definition) is 3. The van der Waals surface area contributed by atoms with Crippen LogP contribution < -0.4 is 5.73 Å². The molecule has 0 fully saturated rings. The minimum atomic E-state index is -0.0916. The van der Waals surface area contributed by atoms with Crippen molar-refractivity contribution in [2.75, 3.05) is 0 Å². The summed E-state index contributed by atoms with van der Waals surface area (Å²) in [5.41, 5.74) is 9.53. The third-order valence-electron chi connectivity index (χ3n) is 3.64. The Hall–Kier alpha value is -2.13. The van der Waals surface area contributed by atoms with Crippen molar-refractivity contribution in [3.63, 3.8) is 0 Å². The maximum Gasteiger partial charge on any atom is 0.134 e. The van der Waals surface area contributed by atoms with Crippen molar-refractivity contribution in [2.45, 2.75) is 18.9 Å². The van der Waals surface area contributed by atoms with E-state index >= 15 is 0 Å². The van der Waals surface area contributed by atoms with E-state index in [1.807, 2.05) is 36.4 Å². The van der Waals surface area contributed by atoms with E-state index < -0.39 is 0 Å². The smallest absolute Gasteiger partial charge is 0.134 e. The summed E-state index contributed by atoms with van der Waals surface area (Å²) >= 11 is 0. The molecule has 0 spiro atoms. The van der Waals surface area contributed by atoms with Crippen molar-refractivity contribution < 1.29 is 4.42 Å². The fourth-order valence-corrected chi connectivity index (χ4v) is 2.40. The second kappa shape index (κ2) is 4.86. The highest BCUT2D eigenvalue weighted by Crippen LogP contribution is 2.33. The van der Waals surface area contributed by atoms with Crippen LogP contribution in [0.15, 0.2) is 59.5 Å². The number of rotatable bonds is 3.